The first-order chi connectivity index (χ1) is 13.2. The fourth-order valence-corrected chi connectivity index (χ4v) is 3.44. The Kier molecular flexibility index (Phi) is 5.09. The molecule has 0 unspecified atom stereocenters. The van der Waals surface area contributed by atoms with Crippen molar-refractivity contribution in [2.24, 2.45) is 0 Å². The summed E-state index contributed by atoms with van der Waals surface area (Å²) < 4.78 is 10.7. The molecule has 2 aromatic rings. The van der Waals surface area contributed by atoms with Crippen molar-refractivity contribution in [3.05, 3.63) is 41.2 Å². The quantitative estimate of drug-likeness (QED) is 0.893. The average molecular weight is 368 g/mol. The smallest absolute Gasteiger partial charge is 0.257 e. The van der Waals surface area contributed by atoms with E-state index in [1.807, 2.05) is 30.0 Å². The van der Waals surface area contributed by atoms with Crippen molar-refractivity contribution < 1.29 is 14.3 Å². The first-order valence-corrected chi connectivity index (χ1v) is 9.46. The van der Waals surface area contributed by atoms with Crippen molar-refractivity contribution in [3.8, 4) is 11.5 Å². The van der Waals surface area contributed by atoms with E-state index in [1.165, 1.54) is 12.8 Å². The van der Waals surface area contributed by atoms with E-state index in [9.17, 15) is 4.79 Å². The fraction of sp³-hybridized carbons (Fsp3) is 0.450. The third kappa shape index (κ3) is 3.97. The molecular weight excluding hydrogens is 344 g/mol. The van der Waals surface area contributed by atoms with Gasteiger partial charge in [-0.3, -0.25) is 4.79 Å². The van der Waals surface area contributed by atoms with Gasteiger partial charge in [0.25, 0.3) is 5.91 Å². The number of carbonyl (C=O) groups is 1. The first-order valence-electron chi connectivity index (χ1n) is 9.46. The Bertz CT molecular complexity index is 832. The summed E-state index contributed by atoms with van der Waals surface area (Å²) in [5, 5.41) is 3.21. The second kappa shape index (κ2) is 7.82. The van der Waals surface area contributed by atoms with Gasteiger partial charge in [-0.2, -0.15) is 0 Å². The number of ether oxygens (including phenoxy) is 2. The van der Waals surface area contributed by atoms with E-state index in [0.717, 1.165) is 43.0 Å². The summed E-state index contributed by atoms with van der Waals surface area (Å²) in [4.78, 5) is 23.5. The second-order valence-electron chi connectivity index (χ2n) is 6.94. The number of amides is 1. The molecule has 0 bridgehead atoms. The summed E-state index contributed by atoms with van der Waals surface area (Å²) in [6, 6.07) is 5.82. The van der Waals surface area contributed by atoms with Crippen LogP contribution in [-0.2, 0) is 6.54 Å². The minimum Gasteiger partial charge on any atom is -0.454 e. The van der Waals surface area contributed by atoms with Gasteiger partial charge in [-0.25, -0.2) is 9.97 Å². The molecule has 7 nitrogen and oxygen atoms in total. The van der Waals surface area contributed by atoms with Gasteiger partial charge in [-0.15, -0.1) is 0 Å². The van der Waals surface area contributed by atoms with Crippen LogP contribution in [0.1, 0.15) is 47.3 Å². The Morgan fingerprint density at radius 1 is 1.15 bits per heavy atom. The molecule has 142 valence electrons. The van der Waals surface area contributed by atoms with Crippen LogP contribution in [0.5, 0.6) is 11.5 Å². The maximum atomic E-state index is 12.8. The monoisotopic (exact) mass is 368 g/mol. The maximum Gasteiger partial charge on any atom is 0.257 e. The molecule has 27 heavy (non-hydrogen) atoms. The molecule has 1 aromatic heterocycles. The molecule has 1 N–H and O–H groups in total. The number of rotatable bonds is 4. The molecule has 4 rings (SSSR count). The van der Waals surface area contributed by atoms with E-state index < -0.39 is 0 Å². The number of benzene rings is 1. The lowest BCUT2D eigenvalue weighted by molar-refractivity contribution is 0.0760. The molecule has 0 saturated carbocycles. The highest BCUT2D eigenvalue weighted by molar-refractivity contribution is 5.95. The highest BCUT2D eigenvalue weighted by atomic mass is 16.7. The van der Waals surface area contributed by atoms with E-state index in [4.69, 9.17) is 9.47 Å². The number of hydrogen-bond donors (Lipinski definition) is 1. The molecule has 1 fully saturated rings. The van der Waals surface area contributed by atoms with Gasteiger partial charge >= 0.3 is 0 Å². The van der Waals surface area contributed by atoms with Gasteiger partial charge in [0.1, 0.15) is 0 Å². The molecule has 0 aliphatic carbocycles. The molecule has 0 spiro atoms. The number of hydrogen-bond acceptors (Lipinski definition) is 6. The Hall–Kier alpha value is -2.83. The van der Waals surface area contributed by atoms with Gasteiger partial charge in [0.15, 0.2) is 11.5 Å². The Balaban J connectivity index is 1.41. The van der Waals surface area contributed by atoms with Crippen LogP contribution in [0.3, 0.4) is 0 Å². The van der Waals surface area contributed by atoms with Crippen molar-refractivity contribution in [1.29, 1.82) is 0 Å². The van der Waals surface area contributed by atoms with E-state index in [-0.39, 0.29) is 12.7 Å². The molecule has 7 heteroatoms. The van der Waals surface area contributed by atoms with Crippen molar-refractivity contribution in [2.75, 3.05) is 25.2 Å². The summed E-state index contributed by atoms with van der Waals surface area (Å²) in [5.74, 6) is 2.07. The summed E-state index contributed by atoms with van der Waals surface area (Å²) in [5.41, 5.74) is 2.34. The lowest BCUT2D eigenvalue weighted by Gasteiger charge is -2.21. The maximum absolute atomic E-state index is 12.8. The van der Waals surface area contributed by atoms with Gasteiger partial charge in [0.05, 0.1) is 11.3 Å². The molecule has 0 radical (unpaired) electrons. The summed E-state index contributed by atoms with van der Waals surface area (Å²) in [7, 11) is 0. The van der Waals surface area contributed by atoms with E-state index >= 15 is 0 Å². The fourth-order valence-electron chi connectivity index (χ4n) is 3.44. The van der Waals surface area contributed by atoms with Crippen LogP contribution in [0.2, 0.25) is 0 Å². The lowest BCUT2D eigenvalue weighted by atomic mass is 10.2. The van der Waals surface area contributed by atoms with Crippen molar-refractivity contribution in [2.45, 2.75) is 39.2 Å². The van der Waals surface area contributed by atoms with Gasteiger partial charge in [0, 0.05) is 25.8 Å². The predicted molar refractivity (Wildman–Crippen MR) is 101 cm³/mol. The predicted octanol–water partition coefficient (Wildman–Crippen LogP) is 3.14. The standard InChI is InChI=1S/C20H24N4O3/c1-14-16(19(25)24-8-4-2-3-5-9-24)12-22-20(23-14)21-11-15-6-7-17-18(10-15)27-13-26-17/h6-7,10,12H,2-5,8-9,11,13H2,1H3,(H,21,22,23). The van der Waals surface area contributed by atoms with Crippen LogP contribution in [0.4, 0.5) is 5.95 Å². The lowest BCUT2D eigenvalue weighted by Crippen LogP contribution is -2.32. The summed E-state index contributed by atoms with van der Waals surface area (Å²) in [6.07, 6.45) is 6.17. The zero-order valence-corrected chi connectivity index (χ0v) is 15.5. The van der Waals surface area contributed by atoms with Crippen molar-refractivity contribution in [3.63, 3.8) is 0 Å². The Morgan fingerprint density at radius 2 is 1.93 bits per heavy atom. The van der Waals surface area contributed by atoms with Crippen molar-refractivity contribution >= 4 is 11.9 Å². The first kappa shape index (κ1) is 17.6. The number of likely N-dealkylation sites (tertiary alicyclic amines) is 1. The molecule has 3 heterocycles. The second-order valence-corrected chi connectivity index (χ2v) is 6.94. The molecule has 1 saturated heterocycles. The van der Waals surface area contributed by atoms with Crippen LogP contribution >= 0.6 is 0 Å². The molecule has 2 aliphatic rings. The van der Waals surface area contributed by atoms with Gasteiger partial charge in [-0.05, 0) is 37.5 Å². The van der Waals surface area contributed by atoms with Crippen LogP contribution in [0.25, 0.3) is 0 Å². The Labute approximate surface area is 158 Å². The van der Waals surface area contributed by atoms with Crippen LogP contribution < -0.4 is 14.8 Å². The minimum absolute atomic E-state index is 0.0386. The zero-order chi connectivity index (χ0) is 18.6. The van der Waals surface area contributed by atoms with E-state index in [1.54, 1.807) is 6.20 Å². The highest BCUT2D eigenvalue weighted by Gasteiger charge is 2.20. The van der Waals surface area contributed by atoms with Gasteiger partial charge < -0.3 is 19.7 Å². The zero-order valence-electron chi connectivity index (χ0n) is 15.5. The summed E-state index contributed by atoms with van der Waals surface area (Å²) >= 11 is 0. The number of anilines is 1. The number of aromatic nitrogens is 2. The Morgan fingerprint density at radius 3 is 2.70 bits per heavy atom. The van der Waals surface area contributed by atoms with Crippen molar-refractivity contribution in [1.82, 2.24) is 14.9 Å². The number of nitrogens with one attached hydrogen (secondary N) is 1. The SMILES string of the molecule is Cc1nc(NCc2ccc3c(c2)OCO3)ncc1C(=O)N1CCCCCC1. The average Bonchev–Trinajstić information content (AvgIpc) is 2.97. The van der Waals surface area contributed by atoms with Gasteiger partial charge in [-0.1, -0.05) is 18.9 Å². The van der Waals surface area contributed by atoms with E-state index in [2.05, 4.69) is 15.3 Å². The molecule has 1 aromatic carbocycles. The van der Waals surface area contributed by atoms with Crippen LogP contribution in [0.15, 0.2) is 24.4 Å². The third-order valence-corrected chi connectivity index (χ3v) is 4.99. The normalized spacial score (nSPS) is 16.1. The topological polar surface area (TPSA) is 76.6 Å². The number of carbonyl (C=O) groups excluding carboxylic acids is 1. The molecule has 0 atom stereocenters. The number of aryl methyl sites for hydroxylation is 1. The van der Waals surface area contributed by atoms with E-state index in [0.29, 0.717) is 23.8 Å². The third-order valence-electron chi connectivity index (χ3n) is 4.99. The number of nitrogens with zero attached hydrogens (tertiary/aromatic N) is 3. The number of fused-ring (bicyclic) bond motifs is 1. The minimum atomic E-state index is 0.0386. The van der Waals surface area contributed by atoms with Crippen LogP contribution in [-0.4, -0.2) is 40.7 Å². The van der Waals surface area contributed by atoms with Crippen LogP contribution in [0, 0.1) is 6.92 Å². The highest BCUT2D eigenvalue weighted by Crippen LogP contribution is 2.32. The largest absolute Gasteiger partial charge is 0.454 e. The molecule has 2 aliphatic heterocycles. The van der Waals surface area contributed by atoms with Gasteiger partial charge in [0.2, 0.25) is 12.7 Å². The molecule has 1 amide bonds. The summed E-state index contributed by atoms with van der Waals surface area (Å²) in [6.45, 7) is 4.33. The molecular formula is C20H24N4O3.